The Bertz CT molecular complexity index is 1220. The third kappa shape index (κ3) is 3.95. The summed E-state index contributed by atoms with van der Waals surface area (Å²) in [6, 6.07) is 21.2. The minimum atomic E-state index is -0.390. The second-order valence-electron chi connectivity index (χ2n) is 11.2. The summed E-state index contributed by atoms with van der Waals surface area (Å²) in [5.74, 6) is 3.07. The molecule has 0 spiro atoms. The van der Waals surface area contributed by atoms with Crippen LogP contribution >= 0.6 is 0 Å². The highest BCUT2D eigenvalue weighted by atomic mass is 16.5. The van der Waals surface area contributed by atoms with Gasteiger partial charge in [-0.2, -0.15) is 0 Å². The van der Waals surface area contributed by atoms with E-state index in [0.717, 1.165) is 29.1 Å². The Morgan fingerprint density at radius 2 is 1.31 bits per heavy atom. The standard InChI is InChI=1S/C31H35N3O2/c1-33(25-8-6-24(7-9-25)31-18-21-15-22(19-31)17-23(16-21)20-31)26-10-12-27(13-11-26)34(2)29-28(30(35)36-3)5-4-14-32-29/h4-14,21-23H,15-20H2,1-3H3. The molecule has 4 aliphatic carbocycles. The van der Waals surface area contributed by atoms with Crippen molar-refractivity contribution in [1.29, 1.82) is 0 Å². The lowest BCUT2D eigenvalue weighted by molar-refractivity contribution is -0.00518. The maximum atomic E-state index is 12.2. The highest BCUT2D eigenvalue weighted by Crippen LogP contribution is 2.60. The SMILES string of the molecule is COC(=O)c1cccnc1N(C)c1ccc(N(C)c2ccc(C34CC5CC(CC(C5)C3)C4)cc2)cc1. The van der Waals surface area contributed by atoms with Crippen LogP contribution in [0.25, 0.3) is 0 Å². The number of benzene rings is 2. The molecule has 4 saturated carbocycles. The summed E-state index contributed by atoms with van der Waals surface area (Å²) in [6.45, 7) is 0. The van der Waals surface area contributed by atoms with Crippen LogP contribution < -0.4 is 9.80 Å². The molecule has 0 radical (unpaired) electrons. The van der Waals surface area contributed by atoms with Crippen molar-refractivity contribution < 1.29 is 9.53 Å². The molecule has 4 aliphatic rings. The van der Waals surface area contributed by atoms with Crippen LogP contribution in [0, 0.1) is 17.8 Å². The first-order valence-electron chi connectivity index (χ1n) is 13.2. The fourth-order valence-electron chi connectivity index (χ4n) is 7.61. The summed E-state index contributed by atoms with van der Waals surface area (Å²) in [4.78, 5) is 20.7. The van der Waals surface area contributed by atoms with Crippen LogP contribution in [0.15, 0.2) is 66.9 Å². The van der Waals surface area contributed by atoms with Crippen LogP contribution in [-0.2, 0) is 10.2 Å². The van der Waals surface area contributed by atoms with Gasteiger partial charge in [-0.05, 0) is 116 Å². The van der Waals surface area contributed by atoms with Crippen LogP contribution in [0.5, 0.6) is 0 Å². The minimum Gasteiger partial charge on any atom is -0.465 e. The molecular weight excluding hydrogens is 446 g/mol. The maximum Gasteiger partial charge on any atom is 0.341 e. The summed E-state index contributed by atoms with van der Waals surface area (Å²) in [7, 11) is 5.42. The average molecular weight is 482 g/mol. The van der Waals surface area contributed by atoms with Crippen molar-refractivity contribution in [3.05, 3.63) is 78.0 Å². The van der Waals surface area contributed by atoms with Crippen molar-refractivity contribution in [2.24, 2.45) is 17.8 Å². The number of nitrogens with zero attached hydrogens (tertiary/aromatic N) is 3. The lowest BCUT2D eigenvalue weighted by Crippen LogP contribution is -2.48. The zero-order valence-corrected chi connectivity index (χ0v) is 21.5. The molecule has 186 valence electrons. The topological polar surface area (TPSA) is 45.7 Å². The number of anilines is 4. The number of ether oxygens (including phenoxy) is 1. The van der Waals surface area contributed by atoms with E-state index in [4.69, 9.17) is 4.74 Å². The highest BCUT2D eigenvalue weighted by molar-refractivity contribution is 5.95. The number of hydrogen-bond donors (Lipinski definition) is 0. The molecular formula is C31H35N3O2. The van der Waals surface area contributed by atoms with Crippen LogP contribution in [-0.4, -0.2) is 32.2 Å². The zero-order valence-electron chi connectivity index (χ0n) is 21.5. The van der Waals surface area contributed by atoms with Crippen LogP contribution in [0.1, 0.15) is 54.4 Å². The van der Waals surface area contributed by atoms with Gasteiger partial charge in [0, 0.05) is 37.4 Å². The Balaban J connectivity index is 1.19. The van der Waals surface area contributed by atoms with Gasteiger partial charge < -0.3 is 14.5 Å². The molecule has 4 fully saturated rings. The number of methoxy groups -OCH3 is 1. The molecule has 0 unspecified atom stereocenters. The monoisotopic (exact) mass is 481 g/mol. The molecule has 1 aromatic heterocycles. The van der Waals surface area contributed by atoms with Crippen LogP contribution in [0.3, 0.4) is 0 Å². The first-order chi connectivity index (χ1) is 17.5. The van der Waals surface area contributed by atoms with Crippen molar-refractivity contribution in [2.45, 2.75) is 43.9 Å². The number of aromatic nitrogens is 1. The predicted molar refractivity (Wildman–Crippen MR) is 144 cm³/mol. The van der Waals surface area contributed by atoms with Crippen molar-refractivity contribution in [3.63, 3.8) is 0 Å². The quantitative estimate of drug-likeness (QED) is 0.360. The summed E-state index contributed by atoms with van der Waals surface area (Å²) in [6.07, 6.45) is 10.3. The molecule has 7 rings (SSSR count). The average Bonchev–Trinajstić information content (AvgIpc) is 2.91. The smallest absolute Gasteiger partial charge is 0.341 e. The first kappa shape index (κ1) is 23.1. The number of rotatable bonds is 6. The van der Waals surface area contributed by atoms with Crippen molar-refractivity contribution in [1.82, 2.24) is 4.98 Å². The van der Waals surface area contributed by atoms with Gasteiger partial charge in [-0.3, -0.25) is 0 Å². The number of pyridine rings is 1. The summed E-state index contributed by atoms with van der Waals surface area (Å²) in [5, 5.41) is 0. The van der Waals surface area contributed by atoms with Gasteiger partial charge in [0.05, 0.1) is 7.11 Å². The molecule has 5 heteroatoms. The zero-order chi connectivity index (χ0) is 24.9. The van der Waals surface area contributed by atoms with Crippen LogP contribution in [0.2, 0.25) is 0 Å². The van der Waals surface area contributed by atoms with E-state index < -0.39 is 5.97 Å². The van der Waals surface area contributed by atoms with Gasteiger partial charge in [0.15, 0.2) is 0 Å². The lowest BCUT2D eigenvalue weighted by atomic mass is 9.48. The van der Waals surface area contributed by atoms with Gasteiger partial charge in [-0.1, -0.05) is 12.1 Å². The van der Waals surface area contributed by atoms with Crippen molar-refractivity contribution in [2.75, 3.05) is 31.0 Å². The summed E-state index contributed by atoms with van der Waals surface area (Å²) >= 11 is 0. The Labute approximate surface area is 214 Å². The third-order valence-corrected chi connectivity index (χ3v) is 9.04. The van der Waals surface area contributed by atoms with E-state index in [9.17, 15) is 4.79 Å². The van der Waals surface area contributed by atoms with E-state index in [-0.39, 0.29) is 0 Å². The maximum absolute atomic E-state index is 12.2. The number of hydrogen-bond acceptors (Lipinski definition) is 5. The van der Waals surface area contributed by atoms with Gasteiger partial charge in [-0.15, -0.1) is 0 Å². The molecule has 0 saturated heterocycles. The molecule has 4 bridgehead atoms. The van der Waals surface area contributed by atoms with Crippen molar-refractivity contribution in [3.8, 4) is 0 Å². The van der Waals surface area contributed by atoms with Crippen molar-refractivity contribution >= 4 is 28.8 Å². The Morgan fingerprint density at radius 3 is 1.83 bits per heavy atom. The van der Waals surface area contributed by atoms with E-state index in [0.29, 0.717) is 16.8 Å². The normalized spacial score (nSPS) is 26.0. The Morgan fingerprint density at radius 1 is 0.806 bits per heavy atom. The van der Waals surface area contributed by atoms with Gasteiger partial charge >= 0.3 is 5.97 Å². The second-order valence-corrected chi connectivity index (χ2v) is 11.2. The van der Waals surface area contributed by atoms with E-state index in [2.05, 4.69) is 65.5 Å². The van der Waals surface area contributed by atoms with Gasteiger partial charge in [0.2, 0.25) is 0 Å². The van der Waals surface area contributed by atoms with E-state index in [1.54, 1.807) is 23.9 Å². The lowest BCUT2D eigenvalue weighted by Gasteiger charge is -2.57. The molecule has 0 aliphatic heterocycles. The second kappa shape index (κ2) is 8.95. The molecule has 36 heavy (non-hydrogen) atoms. The van der Waals surface area contributed by atoms with Crippen LogP contribution in [0.4, 0.5) is 22.9 Å². The molecule has 5 nitrogen and oxygen atoms in total. The summed E-state index contributed by atoms with van der Waals surface area (Å²) in [5.41, 5.74) is 5.71. The number of carbonyl (C=O) groups excluding carboxylic acids is 1. The fourth-order valence-corrected chi connectivity index (χ4v) is 7.61. The number of carbonyl (C=O) groups is 1. The van der Waals surface area contributed by atoms with E-state index >= 15 is 0 Å². The fraction of sp³-hybridized carbons (Fsp3) is 0.419. The Kier molecular flexibility index (Phi) is 5.74. The third-order valence-electron chi connectivity index (χ3n) is 9.04. The van der Waals surface area contributed by atoms with Gasteiger partial charge in [0.1, 0.15) is 11.4 Å². The van der Waals surface area contributed by atoms with E-state index in [1.807, 2.05) is 11.9 Å². The molecule has 3 aromatic rings. The first-order valence-corrected chi connectivity index (χ1v) is 13.2. The Hall–Kier alpha value is -3.34. The van der Waals surface area contributed by atoms with E-state index in [1.165, 1.54) is 51.3 Å². The molecule has 0 N–H and O–H groups in total. The van der Waals surface area contributed by atoms with Gasteiger partial charge in [-0.25, -0.2) is 9.78 Å². The molecule has 0 amide bonds. The highest BCUT2D eigenvalue weighted by Gasteiger charge is 2.51. The minimum absolute atomic E-state index is 0.390. The molecule has 2 aromatic carbocycles. The largest absolute Gasteiger partial charge is 0.465 e. The van der Waals surface area contributed by atoms with Gasteiger partial charge in [0.25, 0.3) is 0 Å². The summed E-state index contributed by atoms with van der Waals surface area (Å²) < 4.78 is 4.93. The predicted octanol–water partition coefficient (Wildman–Crippen LogP) is 6.87. The molecule has 1 heterocycles. The molecule has 0 atom stereocenters. The number of esters is 1.